The Morgan fingerprint density at radius 1 is 1.19 bits per heavy atom. The molecule has 0 spiro atoms. The zero-order valence-corrected chi connectivity index (χ0v) is 9.86. The lowest BCUT2D eigenvalue weighted by Crippen LogP contribution is -2.37. The molecular weight excluding hydrogens is 219 g/mol. The van der Waals surface area contributed by atoms with E-state index >= 15 is 0 Å². The summed E-state index contributed by atoms with van der Waals surface area (Å²) in [7, 11) is 0. The van der Waals surface area contributed by atoms with Gasteiger partial charge >= 0.3 is 6.18 Å². The smallest absolute Gasteiger partial charge is 0.329 e. The Kier molecular flexibility index (Phi) is 6.00. The molecule has 5 heteroatoms. The van der Waals surface area contributed by atoms with E-state index < -0.39 is 18.0 Å². The van der Waals surface area contributed by atoms with Gasteiger partial charge in [-0.05, 0) is 19.3 Å². The van der Waals surface area contributed by atoms with Crippen LogP contribution >= 0.6 is 0 Å². The maximum Gasteiger partial charge on any atom is 0.389 e. The highest BCUT2D eigenvalue weighted by atomic mass is 19.4. The van der Waals surface area contributed by atoms with Crippen molar-refractivity contribution in [1.82, 2.24) is 0 Å². The molecule has 0 bridgehead atoms. The average molecular weight is 239 g/mol. The molecule has 0 radical (unpaired) electrons. The molecule has 0 aromatic heterocycles. The summed E-state index contributed by atoms with van der Waals surface area (Å²) in [5.74, 6) is -0.135. The maximum absolute atomic E-state index is 11.9. The summed E-state index contributed by atoms with van der Waals surface area (Å²) in [5.41, 5.74) is 4.92. The van der Waals surface area contributed by atoms with Gasteiger partial charge in [-0.2, -0.15) is 13.2 Å². The molecule has 0 aromatic carbocycles. The average Bonchev–Trinajstić information content (AvgIpc) is 2.19. The van der Waals surface area contributed by atoms with Gasteiger partial charge in [-0.15, -0.1) is 0 Å². The zero-order valence-electron chi connectivity index (χ0n) is 9.86. The molecule has 0 amide bonds. The van der Waals surface area contributed by atoms with Crippen LogP contribution in [-0.2, 0) is 4.79 Å². The minimum absolute atomic E-state index is 0.0294. The molecule has 0 saturated carbocycles. The summed E-state index contributed by atoms with van der Waals surface area (Å²) in [6, 6.07) is 0. The first kappa shape index (κ1) is 15.4. The van der Waals surface area contributed by atoms with Gasteiger partial charge in [0.05, 0.1) is 0 Å². The highest BCUT2D eigenvalue weighted by Crippen LogP contribution is 2.30. The molecule has 0 unspecified atom stereocenters. The molecule has 96 valence electrons. The third kappa shape index (κ3) is 4.51. The first-order chi connectivity index (χ1) is 7.31. The highest BCUT2D eigenvalue weighted by Gasteiger charge is 2.33. The zero-order chi connectivity index (χ0) is 12.8. The normalized spacial score (nSPS) is 12.9. The van der Waals surface area contributed by atoms with Crippen LogP contribution in [0.3, 0.4) is 0 Å². The Bertz CT molecular complexity index is 213. The lowest BCUT2D eigenvalue weighted by atomic mass is 9.76. The Morgan fingerprint density at radius 2 is 1.69 bits per heavy atom. The van der Waals surface area contributed by atoms with Gasteiger partial charge < -0.3 is 5.73 Å². The van der Waals surface area contributed by atoms with E-state index in [2.05, 4.69) is 0 Å². The summed E-state index contributed by atoms with van der Waals surface area (Å²) < 4.78 is 35.7. The van der Waals surface area contributed by atoms with Gasteiger partial charge in [0.1, 0.15) is 5.78 Å². The summed E-state index contributed by atoms with van der Waals surface area (Å²) in [6.07, 6.45) is -4.06. The maximum atomic E-state index is 11.9. The number of alkyl halides is 3. The van der Waals surface area contributed by atoms with Crippen LogP contribution in [0.4, 0.5) is 13.2 Å². The fourth-order valence-corrected chi connectivity index (χ4v) is 1.76. The fourth-order valence-electron chi connectivity index (χ4n) is 1.76. The third-order valence-corrected chi connectivity index (χ3v) is 3.20. The van der Waals surface area contributed by atoms with Gasteiger partial charge in [0, 0.05) is 24.8 Å². The molecule has 2 N–H and O–H groups in total. The van der Waals surface area contributed by atoms with Crippen molar-refractivity contribution in [2.75, 3.05) is 6.54 Å². The van der Waals surface area contributed by atoms with E-state index in [1.165, 1.54) is 0 Å². The van der Waals surface area contributed by atoms with E-state index in [0.717, 1.165) is 0 Å². The molecule has 16 heavy (non-hydrogen) atoms. The van der Waals surface area contributed by atoms with Crippen LogP contribution in [0.15, 0.2) is 0 Å². The lowest BCUT2D eigenvalue weighted by molar-refractivity contribution is -0.139. The number of nitrogens with two attached hydrogens (primary N) is 1. The molecule has 0 aliphatic heterocycles. The Balaban J connectivity index is 4.23. The van der Waals surface area contributed by atoms with Crippen LogP contribution in [0.25, 0.3) is 0 Å². The fraction of sp³-hybridized carbons (Fsp3) is 0.909. The predicted octanol–water partition coefficient (Wildman–Crippen LogP) is 3.05. The van der Waals surface area contributed by atoms with Crippen LogP contribution in [0, 0.1) is 5.41 Å². The number of carbonyl (C=O) groups is 1. The molecule has 0 saturated heterocycles. The quantitative estimate of drug-likeness (QED) is 0.742. The summed E-state index contributed by atoms with van der Waals surface area (Å²) in [6.45, 7) is 3.90. The van der Waals surface area contributed by atoms with E-state index in [0.29, 0.717) is 12.8 Å². The summed E-state index contributed by atoms with van der Waals surface area (Å²) >= 11 is 0. The number of hydrogen-bond donors (Lipinski definition) is 1. The molecule has 0 aliphatic rings. The number of ketones is 1. The standard InChI is InChI=1S/C11H20F3NO/c1-3-10(4-2,8-15)9(16)6-5-7-11(12,13)14/h3-8,15H2,1-2H3. The van der Waals surface area contributed by atoms with E-state index in [1.54, 1.807) is 0 Å². The molecule has 0 heterocycles. The van der Waals surface area contributed by atoms with Crippen molar-refractivity contribution in [2.24, 2.45) is 11.1 Å². The van der Waals surface area contributed by atoms with Gasteiger partial charge in [0.2, 0.25) is 0 Å². The number of halogens is 3. The molecule has 0 aromatic rings. The summed E-state index contributed by atoms with van der Waals surface area (Å²) in [5, 5.41) is 0. The Hall–Kier alpha value is -0.580. The van der Waals surface area contributed by atoms with Crippen molar-refractivity contribution in [3.63, 3.8) is 0 Å². The molecular formula is C11H20F3NO. The molecule has 0 rings (SSSR count). The van der Waals surface area contributed by atoms with Crippen LogP contribution in [-0.4, -0.2) is 18.5 Å². The lowest BCUT2D eigenvalue weighted by Gasteiger charge is -2.28. The van der Waals surface area contributed by atoms with E-state index in [4.69, 9.17) is 5.73 Å². The van der Waals surface area contributed by atoms with Crippen molar-refractivity contribution >= 4 is 5.78 Å². The van der Waals surface area contributed by atoms with Crippen LogP contribution in [0.5, 0.6) is 0 Å². The van der Waals surface area contributed by atoms with Crippen LogP contribution in [0.2, 0.25) is 0 Å². The van der Waals surface area contributed by atoms with Gasteiger partial charge in [-0.25, -0.2) is 0 Å². The second-order valence-corrected chi connectivity index (χ2v) is 4.08. The Labute approximate surface area is 94.4 Å². The number of Topliss-reactive ketones (excluding diaryl/α,β-unsaturated/α-hetero) is 1. The molecule has 2 nitrogen and oxygen atoms in total. The Morgan fingerprint density at radius 3 is 2.00 bits per heavy atom. The van der Waals surface area contributed by atoms with Crippen molar-refractivity contribution in [3.05, 3.63) is 0 Å². The SMILES string of the molecule is CCC(CC)(CN)C(=O)CCCC(F)(F)F. The van der Waals surface area contributed by atoms with Crippen LogP contribution < -0.4 is 5.73 Å². The largest absolute Gasteiger partial charge is 0.389 e. The number of rotatable bonds is 7. The van der Waals surface area contributed by atoms with Crippen molar-refractivity contribution in [2.45, 2.75) is 52.1 Å². The summed E-state index contributed by atoms with van der Waals surface area (Å²) in [4.78, 5) is 11.8. The van der Waals surface area contributed by atoms with Gasteiger partial charge in [0.25, 0.3) is 0 Å². The minimum atomic E-state index is -4.18. The second kappa shape index (κ2) is 6.23. The number of carbonyl (C=O) groups excluding carboxylic acids is 1. The van der Waals surface area contributed by atoms with Crippen LogP contribution in [0.1, 0.15) is 46.0 Å². The first-order valence-electron chi connectivity index (χ1n) is 5.61. The monoisotopic (exact) mass is 239 g/mol. The van der Waals surface area contributed by atoms with Crippen molar-refractivity contribution in [3.8, 4) is 0 Å². The van der Waals surface area contributed by atoms with Gasteiger partial charge in [0.15, 0.2) is 0 Å². The minimum Gasteiger partial charge on any atom is -0.329 e. The first-order valence-corrected chi connectivity index (χ1v) is 5.61. The van der Waals surface area contributed by atoms with Gasteiger partial charge in [-0.3, -0.25) is 4.79 Å². The number of hydrogen-bond acceptors (Lipinski definition) is 2. The predicted molar refractivity (Wildman–Crippen MR) is 57.0 cm³/mol. The topological polar surface area (TPSA) is 43.1 Å². The third-order valence-electron chi connectivity index (χ3n) is 3.20. The highest BCUT2D eigenvalue weighted by molar-refractivity contribution is 5.84. The molecule has 0 atom stereocenters. The van der Waals surface area contributed by atoms with E-state index in [9.17, 15) is 18.0 Å². The second-order valence-electron chi connectivity index (χ2n) is 4.08. The van der Waals surface area contributed by atoms with Crippen molar-refractivity contribution in [1.29, 1.82) is 0 Å². The molecule has 0 aliphatic carbocycles. The molecule has 0 fully saturated rings. The van der Waals surface area contributed by atoms with Crippen molar-refractivity contribution < 1.29 is 18.0 Å². The van der Waals surface area contributed by atoms with E-state index in [-0.39, 0.29) is 25.2 Å². The van der Waals surface area contributed by atoms with Gasteiger partial charge in [-0.1, -0.05) is 13.8 Å². The van der Waals surface area contributed by atoms with E-state index in [1.807, 2.05) is 13.8 Å².